The van der Waals surface area contributed by atoms with Crippen LogP contribution in [0.4, 0.5) is 0 Å². The summed E-state index contributed by atoms with van der Waals surface area (Å²) in [6.45, 7) is 4.94. The van der Waals surface area contributed by atoms with Crippen LogP contribution in [0.5, 0.6) is 0 Å². The van der Waals surface area contributed by atoms with Crippen LogP contribution in [0.15, 0.2) is 11.6 Å². The molecular formula is C12H23NO2S. The molecular weight excluding hydrogens is 222 g/mol. The summed E-state index contributed by atoms with van der Waals surface area (Å²) in [6.07, 6.45) is 8.38. The average Bonchev–Trinajstić information content (AvgIpc) is 2.63. The highest BCUT2D eigenvalue weighted by Crippen LogP contribution is 2.20. The summed E-state index contributed by atoms with van der Waals surface area (Å²) in [5, 5.41) is 3.24. The average molecular weight is 245 g/mol. The van der Waals surface area contributed by atoms with Crippen molar-refractivity contribution in [2.24, 2.45) is 0 Å². The van der Waals surface area contributed by atoms with Gasteiger partial charge in [-0.05, 0) is 46.1 Å². The van der Waals surface area contributed by atoms with E-state index >= 15 is 0 Å². The minimum Gasteiger partial charge on any atom is -0.315 e. The van der Waals surface area contributed by atoms with E-state index in [2.05, 4.69) is 11.4 Å². The van der Waals surface area contributed by atoms with Crippen molar-refractivity contribution in [2.75, 3.05) is 19.3 Å². The van der Waals surface area contributed by atoms with Crippen molar-refractivity contribution < 1.29 is 8.42 Å². The van der Waals surface area contributed by atoms with Crippen LogP contribution in [0.25, 0.3) is 0 Å². The first-order valence-electron chi connectivity index (χ1n) is 5.91. The number of nitrogens with one attached hydrogen (secondary N) is 1. The molecule has 0 atom stereocenters. The van der Waals surface area contributed by atoms with Crippen LogP contribution in [0.2, 0.25) is 0 Å². The molecule has 1 rings (SSSR count). The molecule has 16 heavy (non-hydrogen) atoms. The Labute approximate surface area is 99.2 Å². The second-order valence-corrected chi connectivity index (χ2v) is 7.86. The first kappa shape index (κ1) is 13.7. The van der Waals surface area contributed by atoms with Crippen molar-refractivity contribution in [2.45, 2.75) is 44.3 Å². The summed E-state index contributed by atoms with van der Waals surface area (Å²) in [7, 11) is -2.98. The summed E-state index contributed by atoms with van der Waals surface area (Å²) in [4.78, 5) is 0. The smallest absolute Gasteiger partial charge is 0.153 e. The lowest BCUT2D eigenvalue weighted by Gasteiger charge is -2.22. The van der Waals surface area contributed by atoms with E-state index in [0.29, 0.717) is 6.54 Å². The third-order valence-corrected chi connectivity index (χ3v) is 5.46. The number of rotatable bonds is 6. The van der Waals surface area contributed by atoms with Gasteiger partial charge >= 0.3 is 0 Å². The fourth-order valence-corrected chi connectivity index (χ4v) is 2.10. The molecule has 0 aromatic carbocycles. The van der Waals surface area contributed by atoms with Crippen LogP contribution in [-0.2, 0) is 9.84 Å². The zero-order valence-electron chi connectivity index (χ0n) is 10.5. The van der Waals surface area contributed by atoms with E-state index in [1.54, 1.807) is 13.8 Å². The largest absolute Gasteiger partial charge is 0.315 e. The van der Waals surface area contributed by atoms with Crippen LogP contribution in [-0.4, -0.2) is 32.5 Å². The van der Waals surface area contributed by atoms with E-state index in [4.69, 9.17) is 0 Å². The lowest BCUT2D eigenvalue weighted by atomic mass is 10.1. The van der Waals surface area contributed by atoms with Crippen LogP contribution < -0.4 is 5.32 Å². The zero-order valence-corrected chi connectivity index (χ0v) is 11.4. The van der Waals surface area contributed by atoms with E-state index in [0.717, 1.165) is 13.0 Å². The third-order valence-electron chi connectivity index (χ3n) is 3.31. The monoisotopic (exact) mass is 245 g/mol. The SMILES string of the molecule is CC(C)(CNCCC1=CCCC1)S(C)(=O)=O. The first-order chi connectivity index (χ1) is 7.33. The fraction of sp³-hybridized carbons (Fsp3) is 0.833. The van der Waals surface area contributed by atoms with Gasteiger partial charge in [-0.15, -0.1) is 0 Å². The highest BCUT2D eigenvalue weighted by Gasteiger charge is 2.29. The Morgan fingerprint density at radius 3 is 2.62 bits per heavy atom. The first-order valence-corrected chi connectivity index (χ1v) is 7.80. The normalized spacial score (nSPS) is 17.6. The van der Waals surface area contributed by atoms with Gasteiger partial charge in [-0.3, -0.25) is 0 Å². The second kappa shape index (κ2) is 5.32. The Morgan fingerprint density at radius 1 is 1.44 bits per heavy atom. The predicted octanol–water partition coefficient (Wildman–Crippen LogP) is 1.90. The second-order valence-electron chi connectivity index (χ2n) is 5.21. The molecule has 3 nitrogen and oxygen atoms in total. The standard InChI is InChI=1S/C12H23NO2S/c1-12(2,16(3,14)15)10-13-9-8-11-6-4-5-7-11/h6,13H,4-5,7-10H2,1-3H3. The van der Waals surface area contributed by atoms with Crippen molar-refractivity contribution in [3.05, 3.63) is 11.6 Å². The molecule has 0 heterocycles. The molecule has 0 saturated carbocycles. The van der Waals surface area contributed by atoms with Crippen molar-refractivity contribution in [3.8, 4) is 0 Å². The van der Waals surface area contributed by atoms with Gasteiger partial charge in [0.15, 0.2) is 9.84 Å². The van der Waals surface area contributed by atoms with Crippen molar-refractivity contribution in [1.82, 2.24) is 5.32 Å². The van der Waals surface area contributed by atoms with Crippen molar-refractivity contribution >= 4 is 9.84 Å². The minimum absolute atomic E-state index is 0.527. The highest BCUT2D eigenvalue weighted by atomic mass is 32.2. The number of hydrogen-bond acceptors (Lipinski definition) is 3. The summed E-state index contributed by atoms with van der Waals surface area (Å²) in [6, 6.07) is 0. The van der Waals surface area contributed by atoms with Gasteiger partial charge in [0.25, 0.3) is 0 Å². The Bertz CT molecular complexity index is 355. The van der Waals surface area contributed by atoms with E-state index < -0.39 is 14.6 Å². The van der Waals surface area contributed by atoms with Crippen LogP contribution in [0, 0.1) is 0 Å². The van der Waals surface area contributed by atoms with Gasteiger partial charge in [0, 0.05) is 12.8 Å². The van der Waals surface area contributed by atoms with Gasteiger partial charge in [-0.2, -0.15) is 0 Å². The van der Waals surface area contributed by atoms with Gasteiger partial charge in [-0.1, -0.05) is 11.6 Å². The number of sulfone groups is 1. The van der Waals surface area contributed by atoms with Gasteiger partial charge in [0.2, 0.25) is 0 Å². The van der Waals surface area contributed by atoms with E-state index in [1.165, 1.54) is 31.1 Å². The van der Waals surface area contributed by atoms with Crippen LogP contribution in [0.3, 0.4) is 0 Å². The quantitative estimate of drug-likeness (QED) is 0.574. The maximum Gasteiger partial charge on any atom is 0.153 e. The van der Waals surface area contributed by atoms with Crippen LogP contribution in [0.1, 0.15) is 39.5 Å². The Kier molecular flexibility index (Phi) is 4.56. The summed E-state index contributed by atoms with van der Waals surface area (Å²) >= 11 is 0. The predicted molar refractivity (Wildman–Crippen MR) is 68.3 cm³/mol. The molecule has 0 aromatic heterocycles. The fourth-order valence-electron chi connectivity index (χ4n) is 1.73. The Morgan fingerprint density at radius 2 is 2.12 bits per heavy atom. The Balaban J connectivity index is 2.25. The van der Waals surface area contributed by atoms with E-state index in [1.807, 2.05) is 0 Å². The molecule has 1 N–H and O–H groups in total. The van der Waals surface area contributed by atoms with E-state index in [9.17, 15) is 8.42 Å². The van der Waals surface area contributed by atoms with Gasteiger partial charge in [0.1, 0.15) is 0 Å². The topological polar surface area (TPSA) is 46.2 Å². The molecule has 0 fully saturated rings. The van der Waals surface area contributed by atoms with Crippen molar-refractivity contribution in [1.29, 1.82) is 0 Å². The molecule has 0 amide bonds. The maximum atomic E-state index is 11.5. The molecule has 1 aliphatic rings. The molecule has 0 saturated heterocycles. The van der Waals surface area contributed by atoms with Crippen molar-refractivity contribution in [3.63, 3.8) is 0 Å². The summed E-state index contributed by atoms with van der Waals surface area (Å²) in [5.74, 6) is 0. The zero-order chi connectivity index (χ0) is 12.2. The molecule has 0 radical (unpaired) electrons. The molecule has 0 aliphatic heterocycles. The molecule has 4 heteroatoms. The number of allylic oxidation sites excluding steroid dienone is 1. The molecule has 0 spiro atoms. The highest BCUT2D eigenvalue weighted by molar-refractivity contribution is 7.92. The molecule has 0 aromatic rings. The van der Waals surface area contributed by atoms with Gasteiger partial charge < -0.3 is 5.32 Å². The van der Waals surface area contributed by atoms with Gasteiger partial charge in [0.05, 0.1) is 4.75 Å². The summed E-state index contributed by atoms with van der Waals surface area (Å²) in [5.41, 5.74) is 1.52. The maximum absolute atomic E-state index is 11.5. The molecule has 1 aliphatic carbocycles. The lowest BCUT2D eigenvalue weighted by molar-refractivity contribution is 0.522. The third kappa shape index (κ3) is 3.91. The lowest BCUT2D eigenvalue weighted by Crippen LogP contribution is -2.41. The minimum atomic E-state index is -2.98. The molecule has 94 valence electrons. The van der Waals surface area contributed by atoms with E-state index in [-0.39, 0.29) is 0 Å². The number of hydrogen-bond donors (Lipinski definition) is 1. The van der Waals surface area contributed by atoms with Gasteiger partial charge in [-0.25, -0.2) is 8.42 Å². The molecule has 0 unspecified atom stereocenters. The summed E-state index contributed by atoms with van der Waals surface area (Å²) < 4.78 is 22.2. The van der Waals surface area contributed by atoms with Crippen LogP contribution >= 0.6 is 0 Å². The molecule has 0 bridgehead atoms. The Hall–Kier alpha value is -0.350.